The topological polar surface area (TPSA) is 25.8 Å². The first-order valence-electron chi connectivity index (χ1n) is 7.56. The number of benzene rings is 2. The van der Waals surface area contributed by atoms with E-state index >= 15 is 0 Å². The summed E-state index contributed by atoms with van der Waals surface area (Å²) in [6.45, 7) is 0. The van der Waals surface area contributed by atoms with Crippen LogP contribution in [0.15, 0.2) is 93.9 Å². The average Bonchev–Trinajstić information content (AvgIpc) is 2.65. The molecule has 0 fully saturated rings. The van der Waals surface area contributed by atoms with Gasteiger partial charge in [-0.2, -0.15) is 0 Å². The van der Waals surface area contributed by atoms with Crippen molar-refractivity contribution in [2.24, 2.45) is 0 Å². The van der Waals surface area contributed by atoms with Crippen molar-refractivity contribution < 1.29 is 0 Å². The first-order chi connectivity index (χ1) is 11.9. The highest BCUT2D eigenvalue weighted by molar-refractivity contribution is 8.05. The number of thioether (sulfide) groups is 2. The largest absolute Gasteiger partial charge is 0.249 e. The summed E-state index contributed by atoms with van der Waals surface area (Å²) in [6, 6.07) is 20.8. The van der Waals surface area contributed by atoms with Gasteiger partial charge in [-0.1, -0.05) is 72.1 Å². The van der Waals surface area contributed by atoms with Crippen molar-refractivity contribution in [3.8, 4) is 0 Å². The fraction of sp³-hybridized carbons (Fsp3) is 0. The highest BCUT2D eigenvalue weighted by Crippen LogP contribution is 2.26. The van der Waals surface area contributed by atoms with Gasteiger partial charge in [0.2, 0.25) is 0 Å². The third-order valence-corrected chi connectivity index (χ3v) is 5.29. The summed E-state index contributed by atoms with van der Waals surface area (Å²) in [5, 5.41) is 10.9. The molecule has 0 N–H and O–H groups in total. The second-order valence-corrected chi connectivity index (χ2v) is 7.10. The minimum atomic E-state index is 0.997. The second-order valence-electron chi connectivity index (χ2n) is 5.25. The predicted octanol–water partition coefficient (Wildman–Crippen LogP) is 6.14. The fourth-order valence-electron chi connectivity index (χ4n) is 2.45. The Morgan fingerprint density at radius 3 is 1.46 bits per heavy atom. The normalized spacial score (nSPS) is 11.5. The van der Waals surface area contributed by atoms with Crippen LogP contribution in [0.1, 0.15) is 0 Å². The van der Waals surface area contributed by atoms with Crippen molar-refractivity contribution in [1.82, 2.24) is 9.97 Å². The van der Waals surface area contributed by atoms with Gasteiger partial charge in [-0.3, -0.25) is 0 Å². The Bertz CT molecular complexity index is 945. The van der Waals surface area contributed by atoms with Gasteiger partial charge in [0.15, 0.2) is 0 Å². The molecule has 2 aromatic heterocycles. The van der Waals surface area contributed by atoms with Crippen LogP contribution >= 0.6 is 23.5 Å². The lowest BCUT2D eigenvalue weighted by Gasteiger charge is -2.00. The molecule has 0 spiro atoms. The Morgan fingerprint density at radius 2 is 1.00 bits per heavy atom. The molecule has 24 heavy (non-hydrogen) atoms. The standard InChI is InChI=1S/C20H14N2S2/c1-3-7-17-13-21-19(11-15(17)5-1)23-9-10-24-20-12-16-6-2-4-8-18(16)14-22-20/h1-14H. The molecule has 4 rings (SSSR count). The first-order valence-corrected chi connectivity index (χ1v) is 9.32. The summed E-state index contributed by atoms with van der Waals surface area (Å²) in [4.78, 5) is 8.96. The van der Waals surface area contributed by atoms with Gasteiger partial charge in [-0.25, -0.2) is 9.97 Å². The van der Waals surface area contributed by atoms with E-state index in [2.05, 4.69) is 57.2 Å². The zero-order chi connectivity index (χ0) is 16.2. The zero-order valence-electron chi connectivity index (χ0n) is 12.8. The van der Waals surface area contributed by atoms with Crippen molar-refractivity contribution >= 4 is 45.1 Å². The number of pyridine rings is 2. The summed E-state index contributed by atoms with van der Waals surface area (Å²) in [6.07, 6.45) is 3.84. The lowest BCUT2D eigenvalue weighted by molar-refractivity contribution is 1.16. The van der Waals surface area contributed by atoms with E-state index in [0.29, 0.717) is 0 Å². The summed E-state index contributed by atoms with van der Waals surface area (Å²) in [7, 11) is 0. The smallest absolute Gasteiger partial charge is 0.101 e. The number of rotatable bonds is 4. The minimum Gasteiger partial charge on any atom is -0.249 e. The van der Waals surface area contributed by atoms with E-state index in [-0.39, 0.29) is 0 Å². The maximum absolute atomic E-state index is 4.48. The van der Waals surface area contributed by atoms with E-state index in [9.17, 15) is 0 Å². The van der Waals surface area contributed by atoms with Crippen LogP contribution in [0.25, 0.3) is 21.5 Å². The summed E-state index contributed by atoms with van der Waals surface area (Å²) < 4.78 is 0. The SMILES string of the molecule is C(=CSc1cc2ccccc2cn1)Sc1cc2ccccc2cn1. The Hall–Kier alpha value is -2.30. The molecule has 0 amide bonds. The second kappa shape index (κ2) is 7.07. The van der Waals surface area contributed by atoms with Crippen LogP contribution in [0.4, 0.5) is 0 Å². The van der Waals surface area contributed by atoms with Crippen LogP contribution in [0, 0.1) is 0 Å². The molecular weight excluding hydrogens is 332 g/mol. The van der Waals surface area contributed by atoms with Gasteiger partial charge >= 0.3 is 0 Å². The molecule has 0 aliphatic carbocycles. The van der Waals surface area contributed by atoms with Gasteiger partial charge in [0.1, 0.15) is 10.1 Å². The van der Waals surface area contributed by atoms with Crippen LogP contribution < -0.4 is 0 Å². The molecule has 0 saturated heterocycles. The third-order valence-electron chi connectivity index (χ3n) is 3.64. The van der Waals surface area contributed by atoms with Crippen LogP contribution in [0.5, 0.6) is 0 Å². The number of hydrogen-bond acceptors (Lipinski definition) is 4. The Kier molecular flexibility index (Phi) is 4.49. The van der Waals surface area contributed by atoms with Crippen molar-refractivity contribution in [1.29, 1.82) is 0 Å². The third kappa shape index (κ3) is 3.45. The van der Waals surface area contributed by atoms with Gasteiger partial charge in [-0.05, 0) is 33.7 Å². The molecule has 0 aliphatic rings. The van der Waals surface area contributed by atoms with Gasteiger partial charge in [-0.15, -0.1) is 0 Å². The maximum Gasteiger partial charge on any atom is 0.101 e. The van der Waals surface area contributed by atoms with E-state index < -0.39 is 0 Å². The van der Waals surface area contributed by atoms with Gasteiger partial charge < -0.3 is 0 Å². The number of aromatic nitrogens is 2. The molecule has 0 saturated carbocycles. The van der Waals surface area contributed by atoms with Gasteiger partial charge in [0.25, 0.3) is 0 Å². The summed E-state index contributed by atoms with van der Waals surface area (Å²) >= 11 is 3.24. The molecule has 2 aromatic carbocycles. The average molecular weight is 346 g/mol. The molecule has 2 heterocycles. The van der Waals surface area contributed by atoms with E-state index in [0.717, 1.165) is 10.1 Å². The monoisotopic (exact) mass is 346 g/mol. The Morgan fingerprint density at radius 1 is 0.583 bits per heavy atom. The molecule has 116 valence electrons. The maximum atomic E-state index is 4.48. The van der Waals surface area contributed by atoms with E-state index in [1.54, 1.807) is 23.5 Å². The summed E-state index contributed by atoms with van der Waals surface area (Å²) in [5.74, 6) is 0. The van der Waals surface area contributed by atoms with Crippen LogP contribution in [0.2, 0.25) is 0 Å². The quantitative estimate of drug-likeness (QED) is 0.415. The molecule has 0 radical (unpaired) electrons. The first kappa shape index (κ1) is 15.2. The lowest BCUT2D eigenvalue weighted by Crippen LogP contribution is -1.79. The molecule has 2 nitrogen and oxygen atoms in total. The lowest BCUT2D eigenvalue weighted by atomic mass is 10.2. The van der Waals surface area contributed by atoms with Crippen molar-refractivity contribution in [3.63, 3.8) is 0 Å². The van der Waals surface area contributed by atoms with Crippen LogP contribution in [-0.2, 0) is 0 Å². The molecule has 4 heteroatoms. The number of fused-ring (bicyclic) bond motifs is 2. The van der Waals surface area contributed by atoms with Gasteiger partial charge in [0.05, 0.1) is 0 Å². The predicted molar refractivity (Wildman–Crippen MR) is 104 cm³/mol. The van der Waals surface area contributed by atoms with Gasteiger partial charge in [0, 0.05) is 23.2 Å². The van der Waals surface area contributed by atoms with Crippen molar-refractivity contribution in [2.75, 3.05) is 0 Å². The Balaban J connectivity index is 1.44. The van der Waals surface area contributed by atoms with Crippen LogP contribution in [0.3, 0.4) is 0 Å². The van der Waals surface area contributed by atoms with Crippen molar-refractivity contribution in [3.05, 3.63) is 83.9 Å². The minimum absolute atomic E-state index is 0.997. The Labute approximate surface area is 149 Å². The van der Waals surface area contributed by atoms with E-state index in [4.69, 9.17) is 0 Å². The fourth-order valence-corrected chi connectivity index (χ4v) is 3.79. The number of nitrogens with zero attached hydrogens (tertiary/aromatic N) is 2. The van der Waals surface area contributed by atoms with E-state index in [1.165, 1.54) is 21.5 Å². The van der Waals surface area contributed by atoms with E-state index in [1.807, 2.05) is 36.7 Å². The molecule has 0 atom stereocenters. The number of hydrogen-bond donors (Lipinski definition) is 0. The highest BCUT2D eigenvalue weighted by Gasteiger charge is 1.98. The molecule has 4 aromatic rings. The molecule has 0 aliphatic heterocycles. The zero-order valence-corrected chi connectivity index (χ0v) is 14.4. The highest BCUT2D eigenvalue weighted by atomic mass is 32.2. The molecule has 0 bridgehead atoms. The summed E-state index contributed by atoms with van der Waals surface area (Å²) in [5.41, 5.74) is 0. The molecule has 0 unspecified atom stereocenters. The van der Waals surface area contributed by atoms with Crippen molar-refractivity contribution in [2.45, 2.75) is 10.1 Å². The van der Waals surface area contributed by atoms with Crippen LogP contribution in [-0.4, -0.2) is 9.97 Å². The molecular formula is C20H14N2S2.